The number of methoxy groups -OCH3 is 1. The van der Waals surface area contributed by atoms with E-state index in [1.165, 1.54) is 12.8 Å². The van der Waals surface area contributed by atoms with Crippen LogP contribution in [-0.2, 0) is 4.74 Å². The summed E-state index contributed by atoms with van der Waals surface area (Å²) in [7, 11) is 1.77. The smallest absolute Gasteiger partial charge is 0.0634 e. The molecule has 0 unspecified atom stereocenters. The summed E-state index contributed by atoms with van der Waals surface area (Å²) in [5.74, 6) is 0.808. The fourth-order valence-corrected chi connectivity index (χ4v) is 2.12. The van der Waals surface area contributed by atoms with Gasteiger partial charge in [0.15, 0.2) is 0 Å². The maximum Gasteiger partial charge on any atom is 0.0634 e. The van der Waals surface area contributed by atoms with Gasteiger partial charge in [0.1, 0.15) is 0 Å². The van der Waals surface area contributed by atoms with Crippen LogP contribution in [-0.4, -0.2) is 31.2 Å². The molecule has 1 aliphatic rings. The lowest BCUT2D eigenvalue weighted by Crippen LogP contribution is -2.36. The fraction of sp³-hybridized carbons (Fsp3) is 1.00. The van der Waals surface area contributed by atoms with Crippen molar-refractivity contribution < 1.29 is 4.74 Å². The van der Waals surface area contributed by atoms with E-state index < -0.39 is 0 Å². The Hall–Kier alpha value is 0.210. The molecule has 14 heavy (non-hydrogen) atoms. The van der Waals surface area contributed by atoms with Gasteiger partial charge in [-0.25, -0.2) is 0 Å². The van der Waals surface area contributed by atoms with E-state index in [2.05, 4.69) is 19.2 Å². The summed E-state index contributed by atoms with van der Waals surface area (Å²) in [6.45, 7) is 6.38. The van der Waals surface area contributed by atoms with Crippen LogP contribution < -0.4 is 5.32 Å². The highest BCUT2D eigenvalue weighted by Crippen LogP contribution is 2.31. The monoisotopic (exact) mass is 219 g/mol. The van der Waals surface area contributed by atoms with Crippen molar-refractivity contribution >= 4 is 11.6 Å². The highest BCUT2D eigenvalue weighted by atomic mass is 35.5. The summed E-state index contributed by atoms with van der Waals surface area (Å²) in [5.41, 5.74) is 0.00162. The SMILES string of the molecule is COC(C)(C)CCNCC1CC(Cl)C1. The molecule has 84 valence electrons. The second-order valence-electron chi connectivity index (χ2n) is 4.85. The van der Waals surface area contributed by atoms with Crippen molar-refractivity contribution in [2.45, 2.75) is 44.1 Å². The van der Waals surface area contributed by atoms with Gasteiger partial charge in [-0.1, -0.05) is 0 Å². The van der Waals surface area contributed by atoms with Crippen molar-refractivity contribution in [1.29, 1.82) is 0 Å². The molecule has 0 bridgehead atoms. The Bertz CT molecular complexity index is 167. The number of halogens is 1. The number of nitrogens with one attached hydrogen (secondary N) is 1. The average Bonchev–Trinajstić information content (AvgIpc) is 2.09. The Morgan fingerprint density at radius 1 is 1.43 bits per heavy atom. The van der Waals surface area contributed by atoms with E-state index in [4.69, 9.17) is 16.3 Å². The number of alkyl halides is 1. The maximum atomic E-state index is 5.90. The molecule has 3 heteroatoms. The molecule has 1 rings (SSSR count). The summed E-state index contributed by atoms with van der Waals surface area (Å²) in [4.78, 5) is 0. The lowest BCUT2D eigenvalue weighted by atomic mass is 9.85. The zero-order chi connectivity index (χ0) is 10.6. The van der Waals surface area contributed by atoms with E-state index in [-0.39, 0.29) is 5.60 Å². The van der Waals surface area contributed by atoms with Crippen LogP contribution in [0, 0.1) is 5.92 Å². The zero-order valence-electron chi connectivity index (χ0n) is 9.48. The van der Waals surface area contributed by atoms with Gasteiger partial charge in [-0.05, 0) is 52.1 Å². The van der Waals surface area contributed by atoms with Gasteiger partial charge in [0.05, 0.1) is 5.60 Å². The van der Waals surface area contributed by atoms with E-state index in [1.807, 2.05) is 0 Å². The topological polar surface area (TPSA) is 21.3 Å². The number of hydrogen-bond acceptors (Lipinski definition) is 2. The largest absolute Gasteiger partial charge is 0.379 e. The van der Waals surface area contributed by atoms with Crippen molar-refractivity contribution in [1.82, 2.24) is 5.32 Å². The molecule has 2 nitrogen and oxygen atoms in total. The van der Waals surface area contributed by atoms with Crippen LogP contribution in [0.25, 0.3) is 0 Å². The van der Waals surface area contributed by atoms with Crippen LogP contribution in [0.4, 0.5) is 0 Å². The van der Waals surface area contributed by atoms with Gasteiger partial charge in [-0.15, -0.1) is 11.6 Å². The fourth-order valence-electron chi connectivity index (χ4n) is 1.62. The lowest BCUT2D eigenvalue weighted by molar-refractivity contribution is 0.0155. The van der Waals surface area contributed by atoms with E-state index in [0.717, 1.165) is 25.4 Å². The van der Waals surface area contributed by atoms with Crippen molar-refractivity contribution in [3.05, 3.63) is 0 Å². The first-order valence-electron chi connectivity index (χ1n) is 5.43. The summed E-state index contributed by atoms with van der Waals surface area (Å²) in [5, 5.41) is 3.90. The molecule has 0 saturated heterocycles. The quantitative estimate of drug-likeness (QED) is 0.547. The number of hydrogen-bond donors (Lipinski definition) is 1. The Morgan fingerprint density at radius 2 is 2.07 bits per heavy atom. The molecule has 0 atom stereocenters. The molecule has 0 aromatic heterocycles. The van der Waals surface area contributed by atoms with Crippen LogP contribution in [0.15, 0.2) is 0 Å². The van der Waals surface area contributed by atoms with Crippen LogP contribution in [0.1, 0.15) is 33.1 Å². The summed E-state index contributed by atoms with van der Waals surface area (Å²) >= 11 is 5.90. The highest BCUT2D eigenvalue weighted by molar-refractivity contribution is 6.21. The molecule has 0 aliphatic heterocycles. The zero-order valence-corrected chi connectivity index (χ0v) is 10.2. The second-order valence-corrected chi connectivity index (χ2v) is 5.47. The summed E-state index contributed by atoms with van der Waals surface area (Å²) < 4.78 is 5.34. The minimum Gasteiger partial charge on any atom is -0.379 e. The minimum absolute atomic E-state index is 0.00162. The molecule has 1 saturated carbocycles. The molecule has 1 N–H and O–H groups in total. The van der Waals surface area contributed by atoms with Crippen molar-refractivity contribution in [3.8, 4) is 0 Å². The van der Waals surface area contributed by atoms with Crippen molar-refractivity contribution in [2.24, 2.45) is 5.92 Å². The summed E-state index contributed by atoms with van der Waals surface area (Å²) in [6.07, 6.45) is 3.42. The van der Waals surface area contributed by atoms with E-state index in [0.29, 0.717) is 5.38 Å². The molecule has 0 amide bonds. The van der Waals surface area contributed by atoms with E-state index in [9.17, 15) is 0 Å². The maximum absolute atomic E-state index is 5.90. The van der Waals surface area contributed by atoms with Crippen LogP contribution in [0.5, 0.6) is 0 Å². The van der Waals surface area contributed by atoms with E-state index >= 15 is 0 Å². The molecule has 0 aromatic carbocycles. The first kappa shape index (κ1) is 12.3. The van der Waals surface area contributed by atoms with Gasteiger partial charge in [0.25, 0.3) is 0 Å². The van der Waals surface area contributed by atoms with Gasteiger partial charge in [-0.2, -0.15) is 0 Å². The average molecular weight is 220 g/mol. The molecule has 1 fully saturated rings. The number of rotatable bonds is 6. The van der Waals surface area contributed by atoms with Gasteiger partial charge in [0, 0.05) is 12.5 Å². The van der Waals surface area contributed by atoms with Crippen LogP contribution in [0.3, 0.4) is 0 Å². The van der Waals surface area contributed by atoms with Gasteiger partial charge in [0.2, 0.25) is 0 Å². The standard InChI is InChI=1S/C11H22ClNO/c1-11(2,14-3)4-5-13-8-9-6-10(12)7-9/h9-10,13H,4-8H2,1-3H3. The predicted molar refractivity (Wildman–Crippen MR) is 60.9 cm³/mol. The Morgan fingerprint density at radius 3 is 2.57 bits per heavy atom. The first-order chi connectivity index (χ1) is 6.53. The third-order valence-corrected chi connectivity index (χ3v) is 3.42. The van der Waals surface area contributed by atoms with E-state index in [1.54, 1.807) is 7.11 Å². The third-order valence-electron chi connectivity index (χ3n) is 3.07. The first-order valence-corrected chi connectivity index (χ1v) is 5.87. The molecule has 0 aromatic rings. The van der Waals surface area contributed by atoms with Gasteiger partial charge < -0.3 is 10.1 Å². The molecular formula is C11H22ClNO. The van der Waals surface area contributed by atoms with Crippen LogP contribution >= 0.6 is 11.6 Å². The Kier molecular flexibility index (Phi) is 4.68. The normalized spacial score (nSPS) is 27.4. The molecule has 0 heterocycles. The summed E-state index contributed by atoms with van der Waals surface area (Å²) in [6, 6.07) is 0. The molecular weight excluding hydrogens is 198 g/mol. The number of ether oxygens (including phenoxy) is 1. The highest BCUT2D eigenvalue weighted by Gasteiger charge is 2.26. The van der Waals surface area contributed by atoms with Crippen molar-refractivity contribution in [2.75, 3.05) is 20.2 Å². The molecule has 0 radical (unpaired) electrons. The second kappa shape index (κ2) is 5.34. The minimum atomic E-state index is 0.00162. The van der Waals surface area contributed by atoms with Gasteiger partial charge in [-0.3, -0.25) is 0 Å². The molecule has 1 aliphatic carbocycles. The third kappa shape index (κ3) is 4.16. The Labute approximate surface area is 92.3 Å². The van der Waals surface area contributed by atoms with Crippen LogP contribution in [0.2, 0.25) is 0 Å². The lowest BCUT2D eigenvalue weighted by Gasteiger charge is -2.31. The predicted octanol–water partition coefficient (Wildman–Crippen LogP) is 2.41. The molecule has 0 spiro atoms. The van der Waals surface area contributed by atoms with Gasteiger partial charge >= 0.3 is 0 Å². The Balaban J connectivity index is 1.94. The van der Waals surface area contributed by atoms with Crippen molar-refractivity contribution in [3.63, 3.8) is 0 Å².